The maximum Gasteiger partial charge on any atom is 0.326 e. The molecule has 8 heteroatoms. The highest BCUT2D eigenvalue weighted by Gasteiger charge is 2.30. The summed E-state index contributed by atoms with van der Waals surface area (Å²) in [7, 11) is 0. The molecule has 1 saturated heterocycles. The zero-order chi connectivity index (χ0) is 13.8. The number of carboxylic acids is 1. The summed E-state index contributed by atoms with van der Waals surface area (Å²) in [6.45, 7) is 0. The van der Waals surface area contributed by atoms with Gasteiger partial charge in [-0.05, 0) is 6.42 Å². The van der Waals surface area contributed by atoms with Crippen molar-refractivity contribution in [3.63, 3.8) is 0 Å². The number of aromatic nitrogens is 2. The highest BCUT2D eigenvalue weighted by molar-refractivity contribution is 5.92. The third-order valence-electron chi connectivity index (χ3n) is 2.91. The van der Waals surface area contributed by atoms with Gasteiger partial charge in [0.05, 0.1) is 6.33 Å². The third-order valence-corrected chi connectivity index (χ3v) is 2.91. The van der Waals surface area contributed by atoms with Crippen LogP contribution in [-0.2, 0) is 20.8 Å². The predicted octanol–water partition coefficient (Wildman–Crippen LogP) is -1.20. The SMILES string of the molecule is O=C1CC[C@@H](C(=O)N[C@@H](Cc2cnc[nH]2)C(=O)O)N1. The Balaban J connectivity index is 1.95. The fraction of sp³-hybridized carbons (Fsp3) is 0.455. The molecular weight excluding hydrogens is 252 g/mol. The van der Waals surface area contributed by atoms with Crippen molar-refractivity contribution in [2.24, 2.45) is 0 Å². The maximum absolute atomic E-state index is 11.8. The van der Waals surface area contributed by atoms with Crippen LogP contribution in [0.3, 0.4) is 0 Å². The Morgan fingerprint density at radius 2 is 2.37 bits per heavy atom. The average Bonchev–Trinajstić information content (AvgIpc) is 2.99. The van der Waals surface area contributed by atoms with Crippen molar-refractivity contribution in [3.8, 4) is 0 Å². The lowest BCUT2D eigenvalue weighted by Crippen LogP contribution is -2.49. The van der Waals surface area contributed by atoms with Gasteiger partial charge < -0.3 is 20.7 Å². The summed E-state index contributed by atoms with van der Waals surface area (Å²) in [5.41, 5.74) is 0.614. The van der Waals surface area contributed by atoms with Crippen molar-refractivity contribution in [2.75, 3.05) is 0 Å². The number of amides is 2. The van der Waals surface area contributed by atoms with Crippen molar-refractivity contribution in [1.82, 2.24) is 20.6 Å². The van der Waals surface area contributed by atoms with Crippen molar-refractivity contribution < 1.29 is 19.5 Å². The monoisotopic (exact) mass is 266 g/mol. The molecule has 8 nitrogen and oxygen atoms in total. The van der Waals surface area contributed by atoms with E-state index in [9.17, 15) is 14.4 Å². The number of aliphatic carboxylic acids is 1. The smallest absolute Gasteiger partial charge is 0.326 e. The van der Waals surface area contributed by atoms with Gasteiger partial charge in [0.1, 0.15) is 12.1 Å². The van der Waals surface area contributed by atoms with Crippen molar-refractivity contribution in [3.05, 3.63) is 18.2 Å². The minimum absolute atomic E-state index is 0.113. The number of aromatic amines is 1. The number of carbonyl (C=O) groups is 3. The standard InChI is InChI=1S/C11H14N4O4/c16-9-2-1-7(14-9)10(17)15-8(11(18)19)3-6-4-12-5-13-6/h4-5,7-8H,1-3H2,(H,12,13)(H,14,16)(H,15,17)(H,18,19)/t7-,8-/m0/s1. The van der Waals surface area contributed by atoms with E-state index in [-0.39, 0.29) is 18.7 Å². The first-order chi connectivity index (χ1) is 9.06. The molecule has 0 saturated carbocycles. The summed E-state index contributed by atoms with van der Waals surface area (Å²) in [5, 5.41) is 14.0. The molecule has 1 aliphatic heterocycles. The van der Waals surface area contributed by atoms with Gasteiger partial charge in [-0.1, -0.05) is 0 Å². The largest absolute Gasteiger partial charge is 0.480 e. The molecule has 1 aliphatic rings. The topological polar surface area (TPSA) is 124 Å². The summed E-state index contributed by atoms with van der Waals surface area (Å²) in [4.78, 5) is 40.5. The molecule has 4 N–H and O–H groups in total. The molecule has 2 heterocycles. The molecule has 102 valence electrons. The molecule has 0 unspecified atom stereocenters. The van der Waals surface area contributed by atoms with Gasteiger partial charge in [-0.3, -0.25) is 9.59 Å². The molecule has 0 aromatic carbocycles. The van der Waals surface area contributed by atoms with E-state index in [1.54, 1.807) is 0 Å². The maximum atomic E-state index is 11.8. The number of carboxylic acid groups (broad SMARTS) is 1. The predicted molar refractivity (Wildman–Crippen MR) is 63.0 cm³/mol. The second-order valence-electron chi connectivity index (χ2n) is 4.34. The second kappa shape index (κ2) is 5.51. The Bertz CT molecular complexity index is 485. The van der Waals surface area contributed by atoms with Crippen LogP contribution in [0.4, 0.5) is 0 Å². The van der Waals surface area contributed by atoms with Crippen LogP contribution in [0.1, 0.15) is 18.5 Å². The van der Waals surface area contributed by atoms with E-state index in [1.165, 1.54) is 12.5 Å². The van der Waals surface area contributed by atoms with E-state index in [2.05, 4.69) is 20.6 Å². The minimum Gasteiger partial charge on any atom is -0.480 e. The fourth-order valence-electron chi connectivity index (χ4n) is 1.90. The van der Waals surface area contributed by atoms with Gasteiger partial charge in [0.15, 0.2) is 0 Å². The lowest BCUT2D eigenvalue weighted by Gasteiger charge is -2.16. The number of rotatable bonds is 5. The molecule has 2 rings (SSSR count). The number of H-pyrrole nitrogens is 1. The normalized spacial score (nSPS) is 19.8. The number of carbonyl (C=O) groups excluding carboxylic acids is 2. The van der Waals surface area contributed by atoms with Gasteiger partial charge in [-0.25, -0.2) is 9.78 Å². The lowest BCUT2D eigenvalue weighted by atomic mass is 10.1. The number of hydrogen-bond donors (Lipinski definition) is 4. The molecule has 1 aromatic rings. The van der Waals surface area contributed by atoms with E-state index in [1.807, 2.05) is 0 Å². The van der Waals surface area contributed by atoms with Crippen LogP contribution in [0, 0.1) is 0 Å². The van der Waals surface area contributed by atoms with Gasteiger partial charge in [0.2, 0.25) is 11.8 Å². The quantitative estimate of drug-likeness (QED) is 0.533. The van der Waals surface area contributed by atoms with Crippen LogP contribution in [0.15, 0.2) is 12.5 Å². The first kappa shape index (κ1) is 13.1. The Hall–Kier alpha value is -2.38. The van der Waals surface area contributed by atoms with Crippen molar-refractivity contribution in [2.45, 2.75) is 31.3 Å². The molecular formula is C11H14N4O4. The number of nitrogens with one attached hydrogen (secondary N) is 3. The lowest BCUT2D eigenvalue weighted by molar-refractivity contribution is -0.142. The van der Waals surface area contributed by atoms with E-state index in [4.69, 9.17) is 5.11 Å². The molecule has 2 atom stereocenters. The summed E-state index contributed by atoms with van der Waals surface area (Å²) in [6.07, 6.45) is 3.73. The Morgan fingerprint density at radius 3 is 2.89 bits per heavy atom. The van der Waals surface area contributed by atoms with E-state index >= 15 is 0 Å². The van der Waals surface area contributed by atoms with Gasteiger partial charge in [-0.2, -0.15) is 0 Å². The molecule has 0 aliphatic carbocycles. The van der Waals surface area contributed by atoms with Crippen molar-refractivity contribution >= 4 is 17.8 Å². The fourth-order valence-corrected chi connectivity index (χ4v) is 1.90. The Labute approximate surface area is 108 Å². The first-order valence-corrected chi connectivity index (χ1v) is 5.86. The van der Waals surface area contributed by atoms with Crippen LogP contribution in [0.25, 0.3) is 0 Å². The summed E-state index contributed by atoms with van der Waals surface area (Å²) in [5.74, 6) is -1.80. The molecule has 1 aromatic heterocycles. The Kier molecular flexibility index (Phi) is 3.79. The molecule has 0 spiro atoms. The van der Waals surface area contributed by atoms with E-state index < -0.39 is 24.0 Å². The summed E-state index contributed by atoms with van der Waals surface area (Å²) < 4.78 is 0. The molecule has 2 amide bonds. The molecule has 19 heavy (non-hydrogen) atoms. The highest BCUT2D eigenvalue weighted by Crippen LogP contribution is 2.07. The first-order valence-electron chi connectivity index (χ1n) is 5.86. The van der Waals surface area contributed by atoms with Gasteiger partial charge in [0.25, 0.3) is 0 Å². The van der Waals surface area contributed by atoms with Gasteiger partial charge in [0, 0.05) is 24.7 Å². The van der Waals surface area contributed by atoms with Crippen molar-refractivity contribution in [1.29, 1.82) is 0 Å². The van der Waals surface area contributed by atoms with Gasteiger partial charge >= 0.3 is 5.97 Å². The van der Waals surface area contributed by atoms with Crippen LogP contribution in [0.5, 0.6) is 0 Å². The molecule has 0 radical (unpaired) electrons. The number of imidazole rings is 1. The highest BCUT2D eigenvalue weighted by atomic mass is 16.4. The van der Waals surface area contributed by atoms with Gasteiger partial charge in [-0.15, -0.1) is 0 Å². The van der Waals surface area contributed by atoms with Crippen LogP contribution < -0.4 is 10.6 Å². The van der Waals surface area contributed by atoms with E-state index in [0.717, 1.165) is 0 Å². The summed E-state index contributed by atoms with van der Waals surface area (Å²) >= 11 is 0. The summed E-state index contributed by atoms with van der Waals surface area (Å²) in [6, 6.07) is -1.69. The van der Waals surface area contributed by atoms with Crippen LogP contribution >= 0.6 is 0 Å². The minimum atomic E-state index is -1.13. The Morgan fingerprint density at radius 1 is 1.58 bits per heavy atom. The number of nitrogens with zero attached hydrogens (tertiary/aromatic N) is 1. The molecule has 0 bridgehead atoms. The zero-order valence-electron chi connectivity index (χ0n) is 10.0. The zero-order valence-corrected chi connectivity index (χ0v) is 10.0. The molecule has 1 fully saturated rings. The average molecular weight is 266 g/mol. The second-order valence-corrected chi connectivity index (χ2v) is 4.34. The van der Waals surface area contributed by atoms with E-state index in [0.29, 0.717) is 12.1 Å². The number of hydrogen-bond acceptors (Lipinski definition) is 4. The third kappa shape index (κ3) is 3.30. The van der Waals surface area contributed by atoms with Crippen LogP contribution in [-0.4, -0.2) is 44.9 Å². The van der Waals surface area contributed by atoms with Crippen LogP contribution in [0.2, 0.25) is 0 Å².